The summed E-state index contributed by atoms with van der Waals surface area (Å²) in [6, 6.07) is 24.3. The fourth-order valence-electron chi connectivity index (χ4n) is 3.56. The van der Waals surface area contributed by atoms with Crippen molar-refractivity contribution in [2.45, 2.75) is 30.6 Å². The maximum absolute atomic E-state index is 12.2. The number of carbonyl (C=O) groups is 1. The number of amides is 1. The third kappa shape index (κ3) is 5.98. The SMILES string of the molecule is O=C(CCCCCN=C1NS(=O)(=O)c2ccccc21)Nc1ccc(Nc2ccccc2)cc1. The molecule has 0 saturated carbocycles. The molecule has 0 radical (unpaired) electrons. The van der Waals surface area contributed by atoms with Gasteiger partial charge in [-0.3, -0.25) is 14.5 Å². The topological polar surface area (TPSA) is 99.7 Å². The summed E-state index contributed by atoms with van der Waals surface area (Å²) in [6.07, 6.45) is 2.78. The van der Waals surface area contributed by atoms with E-state index in [2.05, 4.69) is 20.3 Å². The number of rotatable bonds is 9. The highest BCUT2D eigenvalue weighted by Gasteiger charge is 2.29. The molecule has 33 heavy (non-hydrogen) atoms. The van der Waals surface area contributed by atoms with Crippen molar-refractivity contribution in [2.75, 3.05) is 17.2 Å². The molecule has 1 aliphatic rings. The van der Waals surface area contributed by atoms with Crippen molar-refractivity contribution in [1.82, 2.24) is 4.72 Å². The van der Waals surface area contributed by atoms with E-state index in [1.807, 2.05) is 54.6 Å². The maximum Gasteiger partial charge on any atom is 0.263 e. The third-order valence-corrected chi connectivity index (χ3v) is 6.62. The fraction of sp³-hybridized carbons (Fsp3) is 0.200. The summed E-state index contributed by atoms with van der Waals surface area (Å²) in [7, 11) is -3.50. The smallest absolute Gasteiger partial charge is 0.263 e. The first-order valence-electron chi connectivity index (χ1n) is 10.9. The zero-order valence-electron chi connectivity index (χ0n) is 18.1. The minimum atomic E-state index is -3.50. The largest absolute Gasteiger partial charge is 0.356 e. The monoisotopic (exact) mass is 462 g/mol. The molecule has 0 aromatic heterocycles. The molecule has 0 atom stereocenters. The van der Waals surface area contributed by atoms with Crippen LogP contribution in [0.1, 0.15) is 31.2 Å². The molecule has 0 aliphatic carbocycles. The normalized spacial score (nSPS) is 15.0. The van der Waals surface area contributed by atoms with Crippen LogP contribution in [0.15, 0.2) is 88.8 Å². The van der Waals surface area contributed by atoms with Crippen LogP contribution in [0.3, 0.4) is 0 Å². The number of anilines is 3. The van der Waals surface area contributed by atoms with Crippen LogP contribution < -0.4 is 15.4 Å². The zero-order chi connectivity index (χ0) is 23.1. The van der Waals surface area contributed by atoms with Gasteiger partial charge >= 0.3 is 0 Å². The summed E-state index contributed by atoms with van der Waals surface area (Å²) in [5.41, 5.74) is 3.33. The Morgan fingerprint density at radius 1 is 0.788 bits per heavy atom. The van der Waals surface area contributed by atoms with Crippen LogP contribution in [0.5, 0.6) is 0 Å². The predicted octanol–water partition coefficient (Wildman–Crippen LogP) is 4.67. The number of fused-ring (bicyclic) bond motifs is 1. The molecule has 7 nitrogen and oxygen atoms in total. The molecule has 0 saturated heterocycles. The summed E-state index contributed by atoms with van der Waals surface area (Å²) < 4.78 is 26.7. The number of unbranched alkanes of at least 4 members (excludes halogenated alkanes) is 2. The van der Waals surface area contributed by atoms with Crippen molar-refractivity contribution in [3.05, 3.63) is 84.4 Å². The molecule has 3 N–H and O–H groups in total. The molecule has 3 aromatic rings. The number of nitrogens with one attached hydrogen (secondary N) is 3. The van der Waals surface area contributed by atoms with Gasteiger partial charge in [-0.1, -0.05) is 36.8 Å². The number of nitrogens with zero attached hydrogens (tertiary/aromatic N) is 1. The van der Waals surface area contributed by atoms with Crippen molar-refractivity contribution in [3.8, 4) is 0 Å². The van der Waals surface area contributed by atoms with Crippen LogP contribution in [0.2, 0.25) is 0 Å². The van der Waals surface area contributed by atoms with E-state index in [1.54, 1.807) is 24.3 Å². The van der Waals surface area contributed by atoms with Crippen LogP contribution >= 0.6 is 0 Å². The van der Waals surface area contributed by atoms with Crippen LogP contribution in [0.25, 0.3) is 0 Å². The molecule has 1 aliphatic heterocycles. The van der Waals surface area contributed by atoms with Gasteiger partial charge < -0.3 is 10.6 Å². The van der Waals surface area contributed by atoms with E-state index in [-0.39, 0.29) is 10.8 Å². The minimum Gasteiger partial charge on any atom is -0.356 e. The maximum atomic E-state index is 12.2. The van der Waals surface area contributed by atoms with Crippen molar-refractivity contribution >= 4 is 38.8 Å². The molecule has 0 unspecified atom stereocenters. The highest BCUT2D eigenvalue weighted by Crippen LogP contribution is 2.22. The Hall–Kier alpha value is -3.65. The lowest BCUT2D eigenvalue weighted by Gasteiger charge is -2.08. The van der Waals surface area contributed by atoms with E-state index in [4.69, 9.17) is 0 Å². The highest BCUT2D eigenvalue weighted by molar-refractivity contribution is 7.90. The van der Waals surface area contributed by atoms with Gasteiger partial charge in [-0.25, -0.2) is 8.42 Å². The Kier molecular flexibility index (Phi) is 7.04. The quantitative estimate of drug-likeness (QED) is 0.403. The Balaban J connectivity index is 1.17. The van der Waals surface area contributed by atoms with E-state index in [0.29, 0.717) is 24.4 Å². The number of benzene rings is 3. The zero-order valence-corrected chi connectivity index (χ0v) is 18.9. The summed E-state index contributed by atoms with van der Waals surface area (Å²) in [5, 5.41) is 6.23. The molecular weight excluding hydrogens is 436 g/mol. The van der Waals surface area contributed by atoms with Crippen LogP contribution in [-0.2, 0) is 14.8 Å². The van der Waals surface area contributed by atoms with Crippen molar-refractivity contribution in [1.29, 1.82) is 0 Å². The van der Waals surface area contributed by atoms with Gasteiger partial charge in [0.2, 0.25) is 5.91 Å². The predicted molar refractivity (Wildman–Crippen MR) is 131 cm³/mol. The van der Waals surface area contributed by atoms with E-state index < -0.39 is 10.0 Å². The van der Waals surface area contributed by atoms with Crippen molar-refractivity contribution < 1.29 is 13.2 Å². The lowest BCUT2D eigenvalue weighted by molar-refractivity contribution is -0.116. The number of carbonyl (C=O) groups excluding carboxylic acids is 1. The van der Waals surface area contributed by atoms with Crippen LogP contribution in [0.4, 0.5) is 17.1 Å². The van der Waals surface area contributed by atoms with Crippen LogP contribution in [0, 0.1) is 0 Å². The van der Waals surface area contributed by atoms with Gasteiger partial charge in [0.1, 0.15) is 5.84 Å². The molecule has 0 fully saturated rings. The first-order chi connectivity index (χ1) is 16.0. The van der Waals surface area contributed by atoms with Gasteiger partial charge in [-0.2, -0.15) is 0 Å². The van der Waals surface area contributed by atoms with Gasteiger partial charge in [0.25, 0.3) is 10.0 Å². The van der Waals surface area contributed by atoms with Crippen LogP contribution in [-0.4, -0.2) is 26.7 Å². The van der Waals surface area contributed by atoms with Crippen molar-refractivity contribution in [3.63, 3.8) is 0 Å². The lowest BCUT2D eigenvalue weighted by Crippen LogP contribution is -2.22. The third-order valence-electron chi connectivity index (χ3n) is 5.23. The highest BCUT2D eigenvalue weighted by atomic mass is 32.2. The summed E-state index contributed by atoms with van der Waals surface area (Å²) in [6.45, 7) is 0.504. The number of hydrogen-bond donors (Lipinski definition) is 3. The number of para-hydroxylation sites is 1. The first kappa shape index (κ1) is 22.5. The molecule has 0 spiro atoms. The van der Waals surface area contributed by atoms with E-state index >= 15 is 0 Å². The minimum absolute atomic E-state index is 0.0254. The number of sulfonamides is 1. The summed E-state index contributed by atoms with van der Waals surface area (Å²) in [5.74, 6) is 0.371. The molecule has 1 heterocycles. The number of aliphatic imine (C=N–C) groups is 1. The second kappa shape index (κ2) is 10.3. The van der Waals surface area contributed by atoms with Gasteiger partial charge in [-0.15, -0.1) is 0 Å². The average molecular weight is 463 g/mol. The van der Waals surface area contributed by atoms with E-state index in [1.165, 1.54) is 0 Å². The number of hydrogen-bond acceptors (Lipinski definition) is 5. The number of amidine groups is 1. The first-order valence-corrected chi connectivity index (χ1v) is 12.4. The molecular formula is C25H26N4O3S. The standard InChI is InChI=1S/C25H26N4O3S/c30-24(28-21-16-14-20(15-17-21)27-19-9-3-1-4-10-19)13-5-2-8-18-26-25-22-11-6-7-12-23(22)33(31,32)29-25/h1,3-4,6-7,9-12,14-17,27H,2,5,8,13,18H2,(H,26,29)(H,28,30). The van der Waals surface area contributed by atoms with Gasteiger partial charge in [0, 0.05) is 35.6 Å². The summed E-state index contributed by atoms with van der Waals surface area (Å²) >= 11 is 0. The molecule has 4 rings (SSSR count). The van der Waals surface area contributed by atoms with Crippen molar-refractivity contribution in [2.24, 2.45) is 4.99 Å². The molecule has 3 aromatic carbocycles. The Labute approximate surface area is 194 Å². The lowest BCUT2D eigenvalue weighted by atomic mass is 10.1. The Morgan fingerprint density at radius 3 is 2.24 bits per heavy atom. The molecule has 0 bridgehead atoms. The van der Waals surface area contributed by atoms with Gasteiger partial charge in [0.05, 0.1) is 4.90 Å². The van der Waals surface area contributed by atoms with Gasteiger partial charge in [0.15, 0.2) is 0 Å². The summed E-state index contributed by atoms with van der Waals surface area (Å²) in [4.78, 5) is 16.9. The fourth-order valence-corrected chi connectivity index (χ4v) is 4.82. The Morgan fingerprint density at radius 2 is 1.45 bits per heavy atom. The molecule has 1 amide bonds. The molecule has 170 valence electrons. The van der Waals surface area contributed by atoms with E-state index in [9.17, 15) is 13.2 Å². The second-order valence-corrected chi connectivity index (χ2v) is 9.41. The van der Waals surface area contributed by atoms with E-state index in [0.717, 1.165) is 36.3 Å². The average Bonchev–Trinajstić information content (AvgIpc) is 3.08. The van der Waals surface area contributed by atoms with Gasteiger partial charge in [-0.05, 0) is 61.4 Å². The Bertz CT molecular complexity index is 1240. The second-order valence-electron chi connectivity index (χ2n) is 7.76. The molecule has 8 heteroatoms.